The molecule has 1 aliphatic rings. The maximum Gasteiger partial charge on any atom is 0.229 e. The molecule has 9 nitrogen and oxygen atoms in total. The maximum absolute atomic E-state index is 5.24. The van der Waals surface area contributed by atoms with Crippen LogP contribution < -0.4 is 15.0 Å². The zero-order chi connectivity index (χ0) is 21.6. The molecule has 31 heavy (non-hydrogen) atoms. The Morgan fingerprint density at radius 1 is 1.19 bits per heavy atom. The van der Waals surface area contributed by atoms with Gasteiger partial charge in [-0.3, -0.25) is 9.67 Å². The molecule has 0 aliphatic carbocycles. The number of benzene rings is 1. The number of hydrogen-bond donors (Lipinski definition) is 1. The fourth-order valence-corrected chi connectivity index (χ4v) is 3.64. The zero-order valence-corrected chi connectivity index (χ0v) is 18.0. The Morgan fingerprint density at radius 2 is 1.97 bits per heavy atom. The lowest BCUT2D eigenvalue weighted by molar-refractivity contribution is 0.316. The first-order valence-electron chi connectivity index (χ1n) is 10.4. The van der Waals surface area contributed by atoms with E-state index in [9.17, 15) is 0 Å². The minimum Gasteiger partial charge on any atom is -0.497 e. The predicted molar refractivity (Wildman–Crippen MR) is 126 cm³/mol. The number of anilines is 4. The molecule has 0 amide bonds. The topological polar surface area (TPSA) is 83.7 Å². The van der Waals surface area contributed by atoms with E-state index in [1.54, 1.807) is 19.5 Å². The number of nitrogens with one attached hydrogen (secondary N) is 1. The Bertz CT molecular complexity index is 1020. The van der Waals surface area contributed by atoms with Gasteiger partial charge in [0.2, 0.25) is 5.95 Å². The summed E-state index contributed by atoms with van der Waals surface area (Å²) in [6.07, 6.45) is 8.03. The van der Waals surface area contributed by atoms with Gasteiger partial charge in [0.15, 0.2) is 5.82 Å². The normalized spacial score (nSPS) is 13.9. The van der Waals surface area contributed by atoms with Gasteiger partial charge in [-0.15, -0.1) is 0 Å². The Labute approximate surface area is 183 Å². The average Bonchev–Trinajstić information content (AvgIpc) is 3.49. The van der Waals surface area contributed by atoms with Crippen molar-refractivity contribution in [3.05, 3.63) is 42.9 Å². The highest BCUT2D eigenvalue weighted by atomic mass is 16.5. The van der Waals surface area contributed by atoms with E-state index in [2.05, 4.69) is 37.0 Å². The summed E-state index contributed by atoms with van der Waals surface area (Å²) in [5.41, 5.74) is 2.40. The van der Waals surface area contributed by atoms with Crippen molar-refractivity contribution < 1.29 is 6.16 Å². The maximum atomic E-state index is 5.24. The first-order chi connectivity index (χ1) is 15.2. The third-order valence-electron chi connectivity index (χ3n) is 5.43. The lowest BCUT2D eigenvalue weighted by atomic mass is 10.2. The number of likely N-dealkylation sites (tertiary alicyclic amines) is 1. The molecule has 0 atom stereocenters. The SMILES string of the molecule is C=Nc1cnc(Nc2cnn(CCN3CCCC3)c2)nc1N(C)c1ccc(OC)cc1.[HH]. The van der Waals surface area contributed by atoms with Crippen LogP contribution in [0.15, 0.2) is 47.8 Å². The van der Waals surface area contributed by atoms with Crippen LogP contribution in [-0.2, 0) is 6.54 Å². The van der Waals surface area contributed by atoms with Gasteiger partial charge in [0.1, 0.15) is 11.4 Å². The van der Waals surface area contributed by atoms with Crippen molar-refractivity contribution in [1.29, 1.82) is 0 Å². The third-order valence-corrected chi connectivity index (χ3v) is 5.43. The average molecular weight is 423 g/mol. The van der Waals surface area contributed by atoms with Gasteiger partial charge in [-0.05, 0) is 56.9 Å². The Morgan fingerprint density at radius 3 is 2.68 bits per heavy atom. The molecule has 2 aromatic heterocycles. The molecule has 1 saturated heterocycles. The van der Waals surface area contributed by atoms with Crippen molar-refractivity contribution in [2.24, 2.45) is 4.99 Å². The van der Waals surface area contributed by atoms with E-state index in [-0.39, 0.29) is 1.43 Å². The van der Waals surface area contributed by atoms with E-state index in [0.717, 1.165) is 30.2 Å². The molecule has 1 aromatic carbocycles. The van der Waals surface area contributed by atoms with Gasteiger partial charge in [0, 0.05) is 26.9 Å². The summed E-state index contributed by atoms with van der Waals surface area (Å²) in [7, 11) is 3.58. The second kappa shape index (κ2) is 9.57. The smallest absolute Gasteiger partial charge is 0.229 e. The van der Waals surface area contributed by atoms with Crippen LogP contribution in [0.2, 0.25) is 0 Å². The molecule has 9 heteroatoms. The largest absolute Gasteiger partial charge is 0.497 e. The molecule has 1 N–H and O–H groups in total. The highest BCUT2D eigenvalue weighted by Crippen LogP contribution is 2.32. The van der Waals surface area contributed by atoms with Gasteiger partial charge in [0.25, 0.3) is 0 Å². The number of methoxy groups -OCH3 is 1. The van der Waals surface area contributed by atoms with Crippen molar-refractivity contribution in [3.63, 3.8) is 0 Å². The molecule has 0 saturated carbocycles. The van der Waals surface area contributed by atoms with Crippen LogP contribution in [0.3, 0.4) is 0 Å². The van der Waals surface area contributed by atoms with Crippen molar-refractivity contribution in [2.45, 2.75) is 19.4 Å². The highest BCUT2D eigenvalue weighted by Gasteiger charge is 2.14. The molecule has 164 valence electrons. The van der Waals surface area contributed by atoms with Crippen LogP contribution in [0.25, 0.3) is 0 Å². The minimum atomic E-state index is 0. The molecule has 0 bridgehead atoms. The Balaban J connectivity index is 0.00000289. The molecule has 1 fully saturated rings. The lowest BCUT2D eigenvalue weighted by Crippen LogP contribution is -2.24. The van der Waals surface area contributed by atoms with Crippen LogP contribution in [0, 0.1) is 0 Å². The standard InChI is InChI=1S/C22H28N8O.H2/c1-23-20-15-24-22(27-21(20)28(2)18-6-8-19(31-3)9-7-18)26-17-14-25-30(16-17)13-12-29-10-4-5-11-29;/h6-9,14-16H,1,4-5,10-13H2,2-3H3,(H,24,26,27);1H. The van der Waals surface area contributed by atoms with Crippen LogP contribution >= 0.6 is 0 Å². The van der Waals surface area contributed by atoms with Crippen LogP contribution in [0.5, 0.6) is 5.75 Å². The summed E-state index contributed by atoms with van der Waals surface area (Å²) in [6, 6.07) is 7.74. The van der Waals surface area contributed by atoms with Gasteiger partial charge in [-0.1, -0.05) is 0 Å². The summed E-state index contributed by atoms with van der Waals surface area (Å²) in [5, 5.41) is 7.69. The number of ether oxygens (including phenoxy) is 1. The summed E-state index contributed by atoms with van der Waals surface area (Å²) in [4.78, 5) is 17.5. The van der Waals surface area contributed by atoms with Crippen molar-refractivity contribution >= 4 is 35.5 Å². The fourth-order valence-electron chi connectivity index (χ4n) is 3.64. The van der Waals surface area contributed by atoms with Crippen molar-refractivity contribution in [3.8, 4) is 5.75 Å². The van der Waals surface area contributed by atoms with E-state index in [0.29, 0.717) is 17.5 Å². The molecular formula is C22H30N8O. The van der Waals surface area contributed by atoms with E-state index in [1.807, 2.05) is 47.1 Å². The van der Waals surface area contributed by atoms with Crippen LogP contribution in [0.4, 0.5) is 28.8 Å². The highest BCUT2D eigenvalue weighted by molar-refractivity contribution is 5.72. The molecule has 0 spiro atoms. The van der Waals surface area contributed by atoms with Gasteiger partial charge < -0.3 is 19.9 Å². The van der Waals surface area contributed by atoms with E-state index < -0.39 is 0 Å². The van der Waals surface area contributed by atoms with Crippen molar-refractivity contribution in [1.82, 2.24) is 24.6 Å². The molecule has 4 rings (SSSR count). The summed E-state index contributed by atoms with van der Waals surface area (Å²) < 4.78 is 7.19. The second-order valence-electron chi connectivity index (χ2n) is 7.48. The minimum absolute atomic E-state index is 0. The van der Waals surface area contributed by atoms with Gasteiger partial charge >= 0.3 is 0 Å². The molecule has 3 aromatic rings. The van der Waals surface area contributed by atoms with Crippen LogP contribution in [0.1, 0.15) is 14.3 Å². The Kier molecular flexibility index (Phi) is 6.42. The molecule has 1 aliphatic heterocycles. The number of rotatable bonds is 9. The van der Waals surface area contributed by atoms with E-state index in [1.165, 1.54) is 25.9 Å². The van der Waals surface area contributed by atoms with Gasteiger partial charge in [-0.25, -0.2) is 4.98 Å². The summed E-state index contributed by atoms with van der Waals surface area (Å²) in [6.45, 7) is 7.92. The van der Waals surface area contributed by atoms with Crippen molar-refractivity contribution in [2.75, 3.05) is 44.0 Å². The molecule has 0 unspecified atom stereocenters. The monoisotopic (exact) mass is 422 g/mol. The van der Waals surface area contributed by atoms with Crippen LogP contribution in [-0.4, -0.2) is 65.2 Å². The second-order valence-corrected chi connectivity index (χ2v) is 7.48. The number of nitrogens with zero attached hydrogens (tertiary/aromatic N) is 7. The number of aliphatic imine (C=N–C) groups is 1. The first-order valence-corrected chi connectivity index (χ1v) is 10.4. The fraction of sp³-hybridized carbons (Fsp3) is 0.364. The first kappa shape index (κ1) is 20.8. The quantitative estimate of drug-likeness (QED) is 0.524. The van der Waals surface area contributed by atoms with Gasteiger partial charge in [0.05, 0.1) is 31.7 Å². The number of hydrogen-bond acceptors (Lipinski definition) is 8. The molecule has 3 heterocycles. The lowest BCUT2D eigenvalue weighted by Gasteiger charge is -2.20. The summed E-state index contributed by atoms with van der Waals surface area (Å²) in [5.74, 6) is 1.92. The number of aromatic nitrogens is 4. The summed E-state index contributed by atoms with van der Waals surface area (Å²) >= 11 is 0. The van der Waals surface area contributed by atoms with E-state index >= 15 is 0 Å². The van der Waals surface area contributed by atoms with Gasteiger partial charge in [-0.2, -0.15) is 10.1 Å². The Hall–Kier alpha value is -3.46. The molecule has 0 radical (unpaired) electrons. The third kappa shape index (κ3) is 5.00. The molecular weight excluding hydrogens is 392 g/mol. The zero-order valence-electron chi connectivity index (χ0n) is 18.0. The van der Waals surface area contributed by atoms with E-state index in [4.69, 9.17) is 4.74 Å². The predicted octanol–water partition coefficient (Wildman–Crippen LogP) is 3.87.